The molecule has 1 atom stereocenters. The van der Waals surface area contributed by atoms with E-state index in [1.807, 2.05) is 12.1 Å². The van der Waals surface area contributed by atoms with Gasteiger partial charge in [-0.15, -0.1) is 0 Å². The third-order valence-electron chi connectivity index (χ3n) is 4.23. The van der Waals surface area contributed by atoms with Gasteiger partial charge in [0, 0.05) is 29.4 Å². The summed E-state index contributed by atoms with van der Waals surface area (Å²) in [5, 5.41) is 12.8. The maximum Gasteiger partial charge on any atom is 0.172 e. The van der Waals surface area contributed by atoms with Crippen molar-refractivity contribution in [3.8, 4) is 0 Å². The molecule has 0 bridgehead atoms. The van der Waals surface area contributed by atoms with Gasteiger partial charge in [-0.25, -0.2) is 0 Å². The maximum atomic E-state index is 8.96. The van der Waals surface area contributed by atoms with E-state index in [0.29, 0.717) is 5.02 Å². The van der Waals surface area contributed by atoms with Crippen molar-refractivity contribution < 1.29 is 5.21 Å². The second-order valence-electron chi connectivity index (χ2n) is 5.72. The van der Waals surface area contributed by atoms with Gasteiger partial charge in [0.25, 0.3) is 0 Å². The lowest BCUT2D eigenvalue weighted by Crippen LogP contribution is -2.27. The number of nitrogens with two attached hydrogens (primary N) is 1. The molecule has 1 fully saturated rings. The number of halogens is 1. The largest absolute Gasteiger partial charge is 0.409 e. The number of hydrogen-bond acceptors (Lipinski definition) is 3. The van der Waals surface area contributed by atoms with Crippen LogP contribution >= 0.6 is 11.6 Å². The predicted octanol–water partition coefficient (Wildman–Crippen LogP) is 3.84. The molecule has 1 aliphatic heterocycles. The van der Waals surface area contributed by atoms with Crippen molar-refractivity contribution in [2.75, 3.05) is 18.0 Å². The summed E-state index contributed by atoms with van der Waals surface area (Å²) < 4.78 is 0. The van der Waals surface area contributed by atoms with Crippen LogP contribution in [0.2, 0.25) is 5.02 Å². The Labute approximate surface area is 131 Å². The van der Waals surface area contributed by atoms with Crippen LogP contribution in [0.4, 0.5) is 5.69 Å². The van der Waals surface area contributed by atoms with Crippen LogP contribution in [0.15, 0.2) is 23.4 Å². The van der Waals surface area contributed by atoms with Gasteiger partial charge in [0.2, 0.25) is 0 Å². The number of oxime groups is 1. The van der Waals surface area contributed by atoms with Crippen molar-refractivity contribution in [2.24, 2.45) is 16.8 Å². The number of hydrogen-bond donors (Lipinski definition) is 2. The summed E-state index contributed by atoms with van der Waals surface area (Å²) in [4.78, 5) is 2.31. The summed E-state index contributed by atoms with van der Waals surface area (Å²) in [7, 11) is 0. The molecule has 0 amide bonds. The molecule has 21 heavy (non-hydrogen) atoms. The molecule has 0 radical (unpaired) electrons. The first-order valence-electron chi connectivity index (χ1n) is 7.68. The second-order valence-corrected chi connectivity index (χ2v) is 6.16. The van der Waals surface area contributed by atoms with Crippen molar-refractivity contribution in [1.29, 1.82) is 0 Å². The van der Waals surface area contributed by atoms with E-state index < -0.39 is 0 Å². The fraction of sp³-hybridized carbons (Fsp3) is 0.562. The molecule has 116 valence electrons. The molecular weight excluding hydrogens is 286 g/mol. The summed E-state index contributed by atoms with van der Waals surface area (Å²) in [5.74, 6) is 0.947. The highest BCUT2D eigenvalue weighted by atomic mass is 35.5. The molecule has 3 N–H and O–H groups in total. The van der Waals surface area contributed by atoms with Crippen molar-refractivity contribution >= 4 is 23.1 Å². The van der Waals surface area contributed by atoms with Crippen LogP contribution in [0.5, 0.6) is 0 Å². The average molecular weight is 310 g/mol. The van der Waals surface area contributed by atoms with Crippen LogP contribution in [0.25, 0.3) is 0 Å². The van der Waals surface area contributed by atoms with Gasteiger partial charge < -0.3 is 15.8 Å². The van der Waals surface area contributed by atoms with Crippen LogP contribution < -0.4 is 10.6 Å². The van der Waals surface area contributed by atoms with Crippen LogP contribution in [0.1, 0.15) is 44.6 Å². The molecule has 0 saturated carbocycles. The topological polar surface area (TPSA) is 61.8 Å². The lowest BCUT2D eigenvalue weighted by atomic mass is 9.96. The van der Waals surface area contributed by atoms with E-state index in [1.165, 1.54) is 32.1 Å². The monoisotopic (exact) mass is 309 g/mol. The Kier molecular flexibility index (Phi) is 5.74. The highest BCUT2D eigenvalue weighted by molar-refractivity contribution is 6.31. The SMILES string of the molecule is CCCC1CCCN(c2cc(Cl)ccc2C(N)=NO)CC1. The Balaban J connectivity index is 2.22. The van der Waals surface area contributed by atoms with Gasteiger partial charge >= 0.3 is 0 Å². The van der Waals surface area contributed by atoms with E-state index in [9.17, 15) is 0 Å². The van der Waals surface area contributed by atoms with Gasteiger partial charge in [0.15, 0.2) is 5.84 Å². The average Bonchev–Trinajstić information content (AvgIpc) is 2.72. The zero-order chi connectivity index (χ0) is 15.2. The van der Waals surface area contributed by atoms with E-state index in [2.05, 4.69) is 17.0 Å². The Bertz CT molecular complexity index is 504. The molecule has 1 unspecified atom stereocenters. The Hall–Kier alpha value is -1.42. The molecule has 1 aliphatic rings. The fourth-order valence-corrected chi connectivity index (χ4v) is 3.31. The Morgan fingerprint density at radius 1 is 1.43 bits per heavy atom. The van der Waals surface area contributed by atoms with E-state index in [-0.39, 0.29) is 5.84 Å². The summed E-state index contributed by atoms with van der Waals surface area (Å²) in [6.07, 6.45) is 6.19. The first-order valence-corrected chi connectivity index (χ1v) is 8.06. The molecule has 1 heterocycles. The van der Waals surface area contributed by atoms with Crippen LogP contribution in [0, 0.1) is 5.92 Å². The minimum Gasteiger partial charge on any atom is -0.409 e. The number of nitrogens with zero attached hydrogens (tertiary/aromatic N) is 2. The summed E-state index contributed by atoms with van der Waals surface area (Å²) in [6.45, 7) is 4.24. The van der Waals surface area contributed by atoms with Crippen molar-refractivity contribution in [2.45, 2.75) is 39.0 Å². The molecule has 1 saturated heterocycles. The third-order valence-corrected chi connectivity index (χ3v) is 4.46. The van der Waals surface area contributed by atoms with Gasteiger partial charge in [-0.3, -0.25) is 0 Å². The van der Waals surface area contributed by atoms with E-state index in [4.69, 9.17) is 22.5 Å². The number of benzene rings is 1. The lowest BCUT2D eigenvalue weighted by molar-refractivity contribution is 0.318. The molecule has 1 aromatic rings. The van der Waals surface area contributed by atoms with E-state index >= 15 is 0 Å². The smallest absolute Gasteiger partial charge is 0.172 e. The third kappa shape index (κ3) is 4.03. The van der Waals surface area contributed by atoms with Gasteiger partial charge in [0.1, 0.15) is 0 Å². The van der Waals surface area contributed by atoms with Crippen molar-refractivity contribution in [3.05, 3.63) is 28.8 Å². The summed E-state index contributed by atoms with van der Waals surface area (Å²) >= 11 is 6.13. The van der Waals surface area contributed by atoms with Gasteiger partial charge in [-0.05, 0) is 43.4 Å². The normalized spacial score (nSPS) is 20.4. The molecule has 0 aromatic heterocycles. The summed E-state index contributed by atoms with van der Waals surface area (Å²) in [6, 6.07) is 5.51. The molecule has 0 spiro atoms. The minimum absolute atomic E-state index is 0.135. The minimum atomic E-state index is 0.135. The molecule has 0 aliphatic carbocycles. The summed E-state index contributed by atoms with van der Waals surface area (Å²) in [5.41, 5.74) is 7.51. The maximum absolute atomic E-state index is 8.96. The Morgan fingerprint density at radius 3 is 2.95 bits per heavy atom. The Morgan fingerprint density at radius 2 is 2.24 bits per heavy atom. The quantitative estimate of drug-likeness (QED) is 0.384. The van der Waals surface area contributed by atoms with Gasteiger partial charge in [-0.1, -0.05) is 36.5 Å². The zero-order valence-corrected chi connectivity index (χ0v) is 13.3. The van der Waals surface area contributed by atoms with Gasteiger partial charge in [0.05, 0.1) is 0 Å². The van der Waals surface area contributed by atoms with Crippen LogP contribution in [-0.4, -0.2) is 24.1 Å². The lowest BCUT2D eigenvalue weighted by Gasteiger charge is -2.25. The molecule has 5 heteroatoms. The standard InChI is InChI=1S/C16H24ClN3O/c1-2-4-12-5-3-9-20(10-8-12)15-11-13(17)6-7-14(15)16(18)19-21/h6-7,11-12,21H,2-5,8-10H2,1H3,(H2,18,19). The molecule has 4 nitrogen and oxygen atoms in total. The fourth-order valence-electron chi connectivity index (χ4n) is 3.14. The van der Waals surface area contributed by atoms with Gasteiger partial charge in [-0.2, -0.15) is 0 Å². The van der Waals surface area contributed by atoms with Crippen molar-refractivity contribution in [3.63, 3.8) is 0 Å². The molecule has 1 aromatic carbocycles. The van der Waals surface area contributed by atoms with E-state index in [1.54, 1.807) is 6.07 Å². The first-order chi connectivity index (χ1) is 10.2. The number of rotatable bonds is 4. The highest BCUT2D eigenvalue weighted by Crippen LogP contribution is 2.29. The highest BCUT2D eigenvalue weighted by Gasteiger charge is 2.20. The zero-order valence-electron chi connectivity index (χ0n) is 12.6. The second kappa shape index (κ2) is 7.55. The van der Waals surface area contributed by atoms with Crippen LogP contribution in [0.3, 0.4) is 0 Å². The van der Waals surface area contributed by atoms with E-state index in [0.717, 1.165) is 30.3 Å². The van der Waals surface area contributed by atoms with Crippen LogP contribution in [-0.2, 0) is 0 Å². The predicted molar refractivity (Wildman–Crippen MR) is 88.4 cm³/mol. The van der Waals surface area contributed by atoms with Crippen molar-refractivity contribution in [1.82, 2.24) is 0 Å². The number of anilines is 1. The number of amidine groups is 1. The molecule has 2 rings (SSSR count). The first kappa shape index (κ1) is 16.0. The molecular formula is C16H24ClN3O.